The van der Waals surface area contributed by atoms with Crippen molar-refractivity contribution in [1.29, 1.82) is 0 Å². The van der Waals surface area contributed by atoms with Gasteiger partial charge in [-0.1, -0.05) is 22.0 Å². The van der Waals surface area contributed by atoms with Gasteiger partial charge in [0.2, 0.25) is 5.91 Å². The molecule has 0 saturated carbocycles. The molecular formula is C14H11BrN2O3S. The number of nitrogens with zero attached hydrogens (tertiary/aromatic N) is 1. The van der Waals surface area contributed by atoms with Gasteiger partial charge in [0.25, 0.3) is 5.69 Å². The molecular weight excluding hydrogens is 356 g/mol. The number of halogens is 1. The van der Waals surface area contributed by atoms with Gasteiger partial charge in [-0.25, -0.2) is 0 Å². The van der Waals surface area contributed by atoms with Crippen molar-refractivity contribution in [2.75, 3.05) is 11.1 Å². The summed E-state index contributed by atoms with van der Waals surface area (Å²) in [4.78, 5) is 23.0. The summed E-state index contributed by atoms with van der Waals surface area (Å²) >= 11 is 4.74. The Morgan fingerprint density at radius 2 is 1.95 bits per heavy atom. The van der Waals surface area contributed by atoms with E-state index in [0.717, 1.165) is 9.37 Å². The maximum Gasteiger partial charge on any atom is 0.271 e. The number of nitro groups is 1. The molecule has 1 N–H and O–H groups in total. The third-order valence-corrected chi connectivity index (χ3v) is 4.06. The fourth-order valence-electron chi connectivity index (χ4n) is 1.57. The van der Waals surface area contributed by atoms with Crippen molar-refractivity contribution in [3.05, 3.63) is 63.1 Å². The number of nitro benzene ring substituents is 1. The fourth-order valence-corrected chi connectivity index (χ4v) is 2.54. The van der Waals surface area contributed by atoms with E-state index in [1.807, 2.05) is 24.3 Å². The van der Waals surface area contributed by atoms with Crippen molar-refractivity contribution in [3.8, 4) is 0 Å². The highest BCUT2D eigenvalue weighted by Crippen LogP contribution is 2.21. The van der Waals surface area contributed by atoms with Gasteiger partial charge in [0.05, 0.1) is 10.7 Å². The number of non-ortho nitro benzene ring substituents is 1. The van der Waals surface area contributed by atoms with Crippen LogP contribution in [-0.2, 0) is 4.79 Å². The molecule has 2 rings (SSSR count). The second-order valence-electron chi connectivity index (χ2n) is 4.10. The predicted molar refractivity (Wildman–Crippen MR) is 86.6 cm³/mol. The first-order valence-electron chi connectivity index (χ1n) is 5.97. The lowest BCUT2D eigenvalue weighted by Gasteiger charge is -2.05. The number of amides is 1. The number of nitrogens with one attached hydrogen (secondary N) is 1. The Morgan fingerprint density at radius 1 is 1.24 bits per heavy atom. The minimum atomic E-state index is -0.494. The third kappa shape index (κ3) is 4.87. The van der Waals surface area contributed by atoms with Crippen molar-refractivity contribution in [2.24, 2.45) is 0 Å². The highest BCUT2D eigenvalue weighted by molar-refractivity contribution is 9.10. The molecule has 0 atom stereocenters. The maximum absolute atomic E-state index is 11.8. The topological polar surface area (TPSA) is 72.2 Å². The number of carbonyl (C=O) groups is 1. The molecule has 7 heteroatoms. The van der Waals surface area contributed by atoms with Crippen LogP contribution in [0.5, 0.6) is 0 Å². The molecule has 0 saturated heterocycles. The van der Waals surface area contributed by atoms with Crippen molar-refractivity contribution in [1.82, 2.24) is 0 Å². The standard InChI is InChI=1S/C14H11BrN2O3S/c15-10-4-6-13(7-5-10)21-9-14(18)16-11-2-1-3-12(8-11)17(19)20/h1-8H,9H2,(H,16,18). The van der Waals surface area contributed by atoms with Crippen LogP contribution in [-0.4, -0.2) is 16.6 Å². The molecule has 1 amide bonds. The van der Waals surface area contributed by atoms with Gasteiger partial charge in [-0.3, -0.25) is 14.9 Å². The normalized spacial score (nSPS) is 10.1. The summed E-state index contributed by atoms with van der Waals surface area (Å²) in [5.41, 5.74) is 0.374. The van der Waals surface area contributed by atoms with Crippen LogP contribution in [0.1, 0.15) is 0 Å². The van der Waals surface area contributed by atoms with Crippen LogP contribution in [0.15, 0.2) is 57.9 Å². The number of anilines is 1. The first-order valence-corrected chi connectivity index (χ1v) is 7.75. The van der Waals surface area contributed by atoms with Crippen molar-refractivity contribution in [3.63, 3.8) is 0 Å². The molecule has 0 aliphatic heterocycles. The Balaban J connectivity index is 1.91. The number of hydrogen-bond acceptors (Lipinski definition) is 4. The molecule has 0 heterocycles. The van der Waals surface area contributed by atoms with E-state index in [0.29, 0.717) is 5.69 Å². The molecule has 21 heavy (non-hydrogen) atoms. The number of carbonyl (C=O) groups excluding carboxylic acids is 1. The van der Waals surface area contributed by atoms with Crippen LogP contribution >= 0.6 is 27.7 Å². The van der Waals surface area contributed by atoms with Crippen molar-refractivity contribution in [2.45, 2.75) is 4.90 Å². The number of hydrogen-bond donors (Lipinski definition) is 1. The lowest BCUT2D eigenvalue weighted by Crippen LogP contribution is -2.14. The van der Waals surface area contributed by atoms with E-state index in [1.165, 1.54) is 30.0 Å². The zero-order valence-electron chi connectivity index (χ0n) is 10.8. The second kappa shape index (κ2) is 7.24. The molecule has 5 nitrogen and oxygen atoms in total. The minimum Gasteiger partial charge on any atom is -0.325 e. The van der Waals surface area contributed by atoms with Gasteiger partial charge in [-0.2, -0.15) is 0 Å². The summed E-state index contributed by atoms with van der Waals surface area (Å²) in [5.74, 6) is 0.0352. The third-order valence-electron chi connectivity index (χ3n) is 2.52. The van der Waals surface area contributed by atoms with Gasteiger partial charge < -0.3 is 5.32 Å². The molecule has 0 aliphatic rings. The lowest BCUT2D eigenvalue weighted by atomic mass is 10.3. The summed E-state index contributed by atoms with van der Waals surface area (Å²) in [5, 5.41) is 13.3. The van der Waals surface area contributed by atoms with Gasteiger partial charge in [0, 0.05) is 27.2 Å². The van der Waals surface area contributed by atoms with Crippen LogP contribution in [0.3, 0.4) is 0 Å². The highest BCUT2D eigenvalue weighted by atomic mass is 79.9. The SMILES string of the molecule is O=C(CSc1ccc(Br)cc1)Nc1cccc([N+](=O)[O-])c1. The molecule has 0 spiro atoms. The number of benzene rings is 2. The average molecular weight is 367 g/mol. The van der Waals surface area contributed by atoms with Gasteiger partial charge in [0.1, 0.15) is 0 Å². The zero-order valence-corrected chi connectivity index (χ0v) is 13.2. The number of thioether (sulfide) groups is 1. The Bertz CT molecular complexity index is 662. The zero-order chi connectivity index (χ0) is 15.2. The van der Waals surface area contributed by atoms with E-state index in [-0.39, 0.29) is 17.3 Å². The summed E-state index contributed by atoms with van der Waals surface area (Å²) in [6, 6.07) is 13.5. The van der Waals surface area contributed by atoms with Gasteiger partial charge in [-0.15, -0.1) is 11.8 Å². The van der Waals surface area contributed by atoms with Gasteiger partial charge in [-0.05, 0) is 30.3 Å². The van der Waals surface area contributed by atoms with E-state index >= 15 is 0 Å². The summed E-state index contributed by atoms with van der Waals surface area (Å²) in [7, 11) is 0. The van der Waals surface area contributed by atoms with Crippen LogP contribution < -0.4 is 5.32 Å². The molecule has 0 radical (unpaired) electrons. The maximum atomic E-state index is 11.8. The molecule has 108 valence electrons. The minimum absolute atomic E-state index is 0.0478. The monoisotopic (exact) mass is 366 g/mol. The smallest absolute Gasteiger partial charge is 0.271 e. The first kappa shape index (κ1) is 15.5. The average Bonchev–Trinajstić information content (AvgIpc) is 2.47. The van der Waals surface area contributed by atoms with E-state index in [9.17, 15) is 14.9 Å². The molecule has 0 aromatic heterocycles. The van der Waals surface area contributed by atoms with Gasteiger partial charge in [0.15, 0.2) is 0 Å². The van der Waals surface area contributed by atoms with Crippen LogP contribution in [0.25, 0.3) is 0 Å². The van der Waals surface area contributed by atoms with Crippen LogP contribution in [0.2, 0.25) is 0 Å². The van der Waals surface area contributed by atoms with Gasteiger partial charge >= 0.3 is 0 Å². The molecule has 0 fully saturated rings. The highest BCUT2D eigenvalue weighted by Gasteiger charge is 2.08. The molecule has 0 aliphatic carbocycles. The molecule has 2 aromatic carbocycles. The van der Waals surface area contributed by atoms with E-state index < -0.39 is 4.92 Å². The van der Waals surface area contributed by atoms with Crippen LogP contribution in [0, 0.1) is 10.1 Å². The quantitative estimate of drug-likeness (QED) is 0.491. The van der Waals surface area contributed by atoms with Crippen molar-refractivity contribution >= 4 is 45.0 Å². The van der Waals surface area contributed by atoms with E-state index in [4.69, 9.17) is 0 Å². The molecule has 0 bridgehead atoms. The van der Waals surface area contributed by atoms with E-state index in [1.54, 1.807) is 6.07 Å². The Labute approximate surface area is 134 Å². The second-order valence-corrected chi connectivity index (χ2v) is 6.06. The summed E-state index contributed by atoms with van der Waals surface area (Å²) < 4.78 is 0.980. The van der Waals surface area contributed by atoms with Crippen LogP contribution in [0.4, 0.5) is 11.4 Å². The summed E-state index contributed by atoms with van der Waals surface area (Å²) in [6.07, 6.45) is 0. The molecule has 2 aromatic rings. The first-order chi connectivity index (χ1) is 10.0. The Kier molecular flexibility index (Phi) is 5.35. The predicted octanol–water partition coefficient (Wildman–Crippen LogP) is 4.09. The van der Waals surface area contributed by atoms with E-state index in [2.05, 4.69) is 21.2 Å². The Morgan fingerprint density at radius 3 is 2.62 bits per heavy atom. The number of rotatable bonds is 5. The summed E-state index contributed by atoms with van der Waals surface area (Å²) in [6.45, 7) is 0. The lowest BCUT2D eigenvalue weighted by molar-refractivity contribution is -0.384. The Hall–Kier alpha value is -1.86. The molecule has 0 unspecified atom stereocenters. The fraction of sp³-hybridized carbons (Fsp3) is 0.0714. The largest absolute Gasteiger partial charge is 0.325 e. The van der Waals surface area contributed by atoms with Crippen molar-refractivity contribution < 1.29 is 9.72 Å².